The summed E-state index contributed by atoms with van der Waals surface area (Å²) in [5.74, 6) is 0.410. The summed E-state index contributed by atoms with van der Waals surface area (Å²) in [6.45, 7) is 2.64. The molecule has 1 aromatic heterocycles. The van der Waals surface area contributed by atoms with Crippen molar-refractivity contribution < 1.29 is 4.79 Å². The summed E-state index contributed by atoms with van der Waals surface area (Å²) in [6, 6.07) is 9.11. The number of carbonyl (C=O) groups is 1. The van der Waals surface area contributed by atoms with Crippen LogP contribution in [-0.4, -0.2) is 30.5 Å². The Labute approximate surface area is 140 Å². The van der Waals surface area contributed by atoms with E-state index in [-0.39, 0.29) is 30.7 Å². The fourth-order valence-corrected chi connectivity index (χ4v) is 2.20. The van der Waals surface area contributed by atoms with Gasteiger partial charge >= 0.3 is 0 Å². The van der Waals surface area contributed by atoms with E-state index in [1.807, 2.05) is 18.2 Å². The standard InChI is InChI=1S/C14H14ClN3O.2ClH/c15-11-3-1-10-2-4-12(18-13(10)5-11)14(19)17-8-9-6-16-7-9;;/h1-5,9,16H,6-8H2,(H,17,19);2*1H. The maximum atomic E-state index is 12.0. The number of hydrogen-bond donors (Lipinski definition) is 2. The van der Waals surface area contributed by atoms with E-state index in [1.165, 1.54) is 0 Å². The summed E-state index contributed by atoms with van der Waals surface area (Å²) in [5.41, 5.74) is 1.17. The smallest absolute Gasteiger partial charge is 0.269 e. The number of carbonyl (C=O) groups excluding carboxylic acids is 1. The van der Waals surface area contributed by atoms with Crippen LogP contribution in [0.5, 0.6) is 0 Å². The van der Waals surface area contributed by atoms with E-state index in [0.717, 1.165) is 24.0 Å². The van der Waals surface area contributed by atoms with Gasteiger partial charge in [0.2, 0.25) is 0 Å². The van der Waals surface area contributed by atoms with Crippen molar-refractivity contribution in [2.45, 2.75) is 0 Å². The van der Waals surface area contributed by atoms with Gasteiger partial charge in [0.1, 0.15) is 5.69 Å². The Morgan fingerprint density at radius 1 is 1.29 bits per heavy atom. The molecule has 0 aliphatic carbocycles. The molecule has 2 aromatic rings. The lowest BCUT2D eigenvalue weighted by Gasteiger charge is -2.26. The van der Waals surface area contributed by atoms with Gasteiger partial charge in [0, 0.05) is 36.0 Å². The molecule has 2 N–H and O–H groups in total. The van der Waals surface area contributed by atoms with Crippen LogP contribution < -0.4 is 10.6 Å². The minimum Gasteiger partial charge on any atom is -0.350 e. The van der Waals surface area contributed by atoms with E-state index in [9.17, 15) is 4.79 Å². The number of fused-ring (bicyclic) bond motifs is 1. The van der Waals surface area contributed by atoms with Crippen molar-refractivity contribution in [1.82, 2.24) is 15.6 Å². The van der Waals surface area contributed by atoms with Gasteiger partial charge in [0.25, 0.3) is 5.91 Å². The normalized spacial score (nSPS) is 13.8. The molecular formula is C14H16Cl3N3O. The Kier molecular flexibility index (Phi) is 6.68. The Morgan fingerprint density at radius 2 is 2.00 bits per heavy atom. The first-order chi connectivity index (χ1) is 9.22. The van der Waals surface area contributed by atoms with Crippen molar-refractivity contribution in [3.8, 4) is 0 Å². The Balaban J connectivity index is 0.00000110. The third kappa shape index (κ3) is 4.20. The minimum atomic E-state index is -0.131. The van der Waals surface area contributed by atoms with E-state index in [0.29, 0.717) is 23.2 Å². The molecule has 0 radical (unpaired) electrons. The van der Waals surface area contributed by atoms with Gasteiger partial charge in [-0.05, 0) is 18.2 Å². The molecule has 0 unspecified atom stereocenters. The van der Waals surface area contributed by atoms with Gasteiger partial charge in [-0.3, -0.25) is 4.79 Å². The average molecular weight is 349 g/mol. The summed E-state index contributed by atoms with van der Waals surface area (Å²) >= 11 is 5.93. The van der Waals surface area contributed by atoms with Crippen LogP contribution in [0.1, 0.15) is 10.5 Å². The number of hydrogen-bond acceptors (Lipinski definition) is 3. The number of aromatic nitrogens is 1. The molecule has 0 saturated carbocycles. The van der Waals surface area contributed by atoms with Crippen LogP contribution in [-0.2, 0) is 0 Å². The van der Waals surface area contributed by atoms with Gasteiger partial charge in [-0.25, -0.2) is 4.98 Å². The van der Waals surface area contributed by atoms with Crippen molar-refractivity contribution in [3.63, 3.8) is 0 Å². The average Bonchev–Trinajstić information content (AvgIpc) is 2.35. The monoisotopic (exact) mass is 347 g/mol. The zero-order valence-electron chi connectivity index (χ0n) is 11.1. The molecule has 21 heavy (non-hydrogen) atoms. The van der Waals surface area contributed by atoms with Gasteiger partial charge in [0.15, 0.2) is 0 Å². The SMILES string of the molecule is Cl.Cl.O=C(NCC1CNC1)c1ccc2ccc(Cl)cc2n1. The van der Waals surface area contributed by atoms with E-state index in [4.69, 9.17) is 11.6 Å². The molecule has 1 fully saturated rings. The second-order valence-corrected chi connectivity index (χ2v) is 5.20. The first-order valence-electron chi connectivity index (χ1n) is 6.27. The molecule has 0 spiro atoms. The largest absolute Gasteiger partial charge is 0.350 e. The molecular weight excluding hydrogens is 333 g/mol. The lowest BCUT2D eigenvalue weighted by molar-refractivity contribution is 0.0937. The number of halogens is 3. The number of pyridine rings is 1. The number of amides is 1. The Bertz CT molecular complexity index is 632. The predicted molar refractivity (Wildman–Crippen MR) is 89.9 cm³/mol. The van der Waals surface area contributed by atoms with E-state index in [2.05, 4.69) is 15.6 Å². The molecule has 114 valence electrons. The fraction of sp³-hybridized carbons (Fsp3) is 0.286. The van der Waals surface area contributed by atoms with E-state index >= 15 is 0 Å². The second-order valence-electron chi connectivity index (χ2n) is 4.77. The maximum Gasteiger partial charge on any atom is 0.269 e. The van der Waals surface area contributed by atoms with Gasteiger partial charge in [-0.15, -0.1) is 24.8 Å². The molecule has 0 bridgehead atoms. The summed E-state index contributed by atoms with van der Waals surface area (Å²) in [4.78, 5) is 16.3. The minimum absolute atomic E-state index is 0. The van der Waals surface area contributed by atoms with Crippen molar-refractivity contribution in [3.05, 3.63) is 41.0 Å². The number of nitrogens with one attached hydrogen (secondary N) is 2. The molecule has 0 atom stereocenters. The third-order valence-electron chi connectivity index (χ3n) is 3.30. The first kappa shape index (κ1) is 18.0. The predicted octanol–water partition coefficient (Wildman–Crippen LogP) is 2.68. The molecule has 1 aromatic carbocycles. The Morgan fingerprint density at radius 3 is 2.67 bits per heavy atom. The van der Waals surface area contributed by atoms with Crippen molar-refractivity contribution in [2.75, 3.05) is 19.6 Å². The van der Waals surface area contributed by atoms with Crippen LogP contribution in [0, 0.1) is 5.92 Å². The maximum absolute atomic E-state index is 12.0. The molecule has 7 heteroatoms. The van der Waals surface area contributed by atoms with Crippen LogP contribution in [0.15, 0.2) is 30.3 Å². The molecule has 3 rings (SSSR count). The summed E-state index contributed by atoms with van der Waals surface area (Å²) in [6.07, 6.45) is 0. The highest BCUT2D eigenvalue weighted by Gasteiger charge is 2.18. The second kappa shape index (κ2) is 7.80. The van der Waals surface area contributed by atoms with Crippen LogP contribution in [0.4, 0.5) is 0 Å². The van der Waals surface area contributed by atoms with Crippen LogP contribution in [0.25, 0.3) is 10.9 Å². The van der Waals surface area contributed by atoms with Gasteiger partial charge in [0.05, 0.1) is 5.52 Å². The summed E-state index contributed by atoms with van der Waals surface area (Å²) in [7, 11) is 0. The lowest BCUT2D eigenvalue weighted by atomic mass is 10.0. The van der Waals surface area contributed by atoms with Gasteiger partial charge in [-0.1, -0.05) is 23.7 Å². The quantitative estimate of drug-likeness (QED) is 0.896. The highest BCUT2D eigenvalue weighted by atomic mass is 35.5. The number of rotatable bonds is 3. The van der Waals surface area contributed by atoms with Gasteiger partial charge in [-0.2, -0.15) is 0 Å². The van der Waals surface area contributed by atoms with Crippen molar-refractivity contribution in [2.24, 2.45) is 5.92 Å². The molecule has 4 nitrogen and oxygen atoms in total. The molecule has 1 aliphatic rings. The summed E-state index contributed by atoms with van der Waals surface area (Å²) in [5, 5.41) is 7.68. The molecule has 1 saturated heterocycles. The highest BCUT2D eigenvalue weighted by molar-refractivity contribution is 6.31. The van der Waals surface area contributed by atoms with E-state index in [1.54, 1.807) is 12.1 Å². The zero-order valence-corrected chi connectivity index (χ0v) is 13.5. The molecule has 1 amide bonds. The third-order valence-corrected chi connectivity index (χ3v) is 3.54. The highest BCUT2D eigenvalue weighted by Crippen LogP contribution is 2.18. The van der Waals surface area contributed by atoms with Crippen molar-refractivity contribution in [1.29, 1.82) is 0 Å². The van der Waals surface area contributed by atoms with E-state index < -0.39 is 0 Å². The summed E-state index contributed by atoms with van der Waals surface area (Å²) < 4.78 is 0. The van der Waals surface area contributed by atoms with Crippen LogP contribution >= 0.6 is 36.4 Å². The van der Waals surface area contributed by atoms with Crippen LogP contribution in [0.3, 0.4) is 0 Å². The van der Waals surface area contributed by atoms with Crippen LogP contribution in [0.2, 0.25) is 5.02 Å². The van der Waals surface area contributed by atoms with Crippen molar-refractivity contribution >= 4 is 53.2 Å². The first-order valence-corrected chi connectivity index (χ1v) is 6.65. The fourth-order valence-electron chi connectivity index (χ4n) is 2.04. The molecule has 1 aliphatic heterocycles. The topological polar surface area (TPSA) is 54.0 Å². The number of nitrogens with zero attached hydrogens (tertiary/aromatic N) is 1. The lowest BCUT2D eigenvalue weighted by Crippen LogP contribution is -2.48. The zero-order chi connectivity index (χ0) is 13.2. The van der Waals surface area contributed by atoms with Gasteiger partial charge < -0.3 is 10.6 Å². The molecule has 2 heterocycles. The Hall–Kier alpha value is -1.07. The number of benzene rings is 1.